The van der Waals surface area contributed by atoms with Gasteiger partial charge in [0.1, 0.15) is 22.1 Å². The van der Waals surface area contributed by atoms with Gasteiger partial charge >= 0.3 is 5.97 Å². The monoisotopic (exact) mass is 727 g/mol. The number of hydrogen-bond acceptors (Lipinski definition) is 7. The van der Waals surface area contributed by atoms with Crippen molar-refractivity contribution in [3.05, 3.63) is 142 Å². The van der Waals surface area contributed by atoms with Gasteiger partial charge in [0, 0.05) is 32.7 Å². The molecule has 0 aliphatic carbocycles. The molecule has 0 radical (unpaired) electrons. The Morgan fingerprint density at radius 3 is 2.32 bits per heavy atom. The Bertz CT molecular complexity index is 2030. The van der Waals surface area contributed by atoms with Crippen molar-refractivity contribution in [3.8, 4) is 11.1 Å². The zero-order valence-corrected chi connectivity index (χ0v) is 29.3. The van der Waals surface area contributed by atoms with Crippen LogP contribution in [0.25, 0.3) is 17.2 Å². The number of carbonyl (C=O) groups excluding carboxylic acids is 4. The molecule has 3 N–H and O–H groups in total. The molecular formula is C38H31ClFN3O5S2. The van der Waals surface area contributed by atoms with E-state index in [2.05, 4.69) is 16.0 Å². The summed E-state index contributed by atoms with van der Waals surface area (Å²) in [5.74, 6) is -2.84. The molecule has 0 saturated heterocycles. The van der Waals surface area contributed by atoms with Crippen LogP contribution < -0.4 is 16.0 Å². The van der Waals surface area contributed by atoms with Crippen LogP contribution >= 0.6 is 34.7 Å². The van der Waals surface area contributed by atoms with Gasteiger partial charge in [-0.15, -0.1) is 23.1 Å². The highest BCUT2D eigenvalue weighted by molar-refractivity contribution is 8.00. The van der Waals surface area contributed by atoms with Gasteiger partial charge in [-0.2, -0.15) is 0 Å². The fraction of sp³-hybridized carbons (Fsp3) is 0.105. The summed E-state index contributed by atoms with van der Waals surface area (Å²) < 4.78 is 20.0. The van der Waals surface area contributed by atoms with Crippen molar-refractivity contribution in [1.29, 1.82) is 0 Å². The van der Waals surface area contributed by atoms with E-state index in [0.29, 0.717) is 26.7 Å². The predicted molar refractivity (Wildman–Crippen MR) is 198 cm³/mol. The molecule has 1 aromatic heterocycles. The number of nitrogens with one attached hydrogen (secondary N) is 3. The number of benzene rings is 4. The number of ether oxygens (including phenoxy) is 1. The highest BCUT2D eigenvalue weighted by Crippen LogP contribution is 2.37. The van der Waals surface area contributed by atoms with Crippen molar-refractivity contribution >= 4 is 75.2 Å². The number of hydrogen-bond donors (Lipinski definition) is 3. The number of amides is 3. The van der Waals surface area contributed by atoms with Gasteiger partial charge in [-0.05, 0) is 68.0 Å². The van der Waals surface area contributed by atoms with Crippen LogP contribution in [0.4, 0.5) is 15.1 Å². The van der Waals surface area contributed by atoms with E-state index in [9.17, 15) is 23.6 Å². The topological polar surface area (TPSA) is 114 Å². The number of thiophene rings is 1. The van der Waals surface area contributed by atoms with Gasteiger partial charge in [-0.3, -0.25) is 14.4 Å². The van der Waals surface area contributed by atoms with Crippen LogP contribution in [0.1, 0.15) is 40.1 Å². The predicted octanol–water partition coefficient (Wildman–Crippen LogP) is 8.91. The Labute approximate surface area is 301 Å². The smallest absolute Gasteiger partial charge is 0.341 e. The van der Waals surface area contributed by atoms with Crippen molar-refractivity contribution in [2.75, 3.05) is 17.2 Å². The molecule has 254 valence electrons. The van der Waals surface area contributed by atoms with Crippen LogP contribution in [-0.4, -0.2) is 35.5 Å². The second-order valence-corrected chi connectivity index (χ2v) is 13.4. The third kappa shape index (κ3) is 9.06. The lowest BCUT2D eigenvalue weighted by atomic mass is 10.0. The molecule has 1 heterocycles. The molecule has 5 aromatic rings. The van der Waals surface area contributed by atoms with E-state index < -0.39 is 28.9 Å². The minimum atomic E-state index is -0.722. The first-order chi connectivity index (χ1) is 24.1. The molecule has 1 unspecified atom stereocenters. The van der Waals surface area contributed by atoms with Gasteiger partial charge in [0.2, 0.25) is 5.91 Å². The Morgan fingerprint density at radius 2 is 1.62 bits per heavy atom. The molecule has 12 heteroatoms. The molecule has 1 atom stereocenters. The van der Waals surface area contributed by atoms with E-state index in [-0.39, 0.29) is 34.4 Å². The maximum Gasteiger partial charge on any atom is 0.341 e. The van der Waals surface area contributed by atoms with Crippen LogP contribution in [0.5, 0.6) is 0 Å². The third-order valence-electron chi connectivity index (χ3n) is 7.18. The molecule has 0 aliphatic heterocycles. The SMILES string of the molecule is CCOC(=O)c1c(-c2ccccc2)csc1NC(=O)C(C)Sc1cccc(NC(=O)/C(=C\c2c(F)cccc2Cl)NC(=O)c2ccccc2)c1. The highest BCUT2D eigenvalue weighted by atomic mass is 35.5. The van der Waals surface area contributed by atoms with E-state index >= 15 is 0 Å². The quantitative estimate of drug-likeness (QED) is 0.0672. The Hall–Kier alpha value is -5.23. The van der Waals surface area contributed by atoms with E-state index in [1.54, 1.807) is 68.4 Å². The van der Waals surface area contributed by atoms with Crippen LogP contribution in [0.2, 0.25) is 5.02 Å². The summed E-state index contributed by atoms with van der Waals surface area (Å²) in [4.78, 5) is 53.5. The fourth-order valence-corrected chi connectivity index (χ4v) is 6.84. The number of anilines is 2. The Balaban J connectivity index is 1.32. The number of rotatable bonds is 12. The maximum atomic E-state index is 14.7. The lowest BCUT2D eigenvalue weighted by Crippen LogP contribution is -2.30. The van der Waals surface area contributed by atoms with Gasteiger partial charge in [0.25, 0.3) is 11.8 Å². The van der Waals surface area contributed by atoms with Gasteiger partial charge in [0.05, 0.1) is 16.9 Å². The lowest BCUT2D eigenvalue weighted by Gasteiger charge is -2.15. The van der Waals surface area contributed by atoms with Crippen molar-refractivity contribution in [2.45, 2.75) is 24.0 Å². The van der Waals surface area contributed by atoms with Crippen molar-refractivity contribution in [3.63, 3.8) is 0 Å². The first-order valence-electron chi connectivity index (χ1n) is 15.4. The fourth-order valence-electron chi connectivity index (χ4n) is 4.74. The second-order valence-electron chi connectivity index (χ2n) is 10.7. The van der Waals surface area contributed by atoms with Crippen molar-refractivity contribution in [1.82, 2.24) is 5.32 Å². The van der Waals surface area contributed by atoms with E-state index in [1.165, 1.54) is 47.4 Å². The molecule has 8 nitrogen and oxygen atoms in total. The van der Waals surface area contributed by atoms with Crippen LogP contribution in [-0.2, 0) is 14.3 Å². The molecule has 0 saturated carbocycles. The number of carbonyl (C=O) groups is 4. The minimum absolute atomic E-state index is 0.0585. The molecule has 0 fully saturated rings. The molecule has 0 aliphatic rings. The minimum Gasteiger partial charge on any atom is -0.462 e. The van der Waals surface area contributed by atoms with Gasteiger partial charge in [-0.25, -0.2) is 9.18 Å². The summed E-state index contributed by atoms with van der Waals surface area (Å²) in [7, 11) is 0. The van der Waals surface area contributed by atoms with Gasteiger partial charge in [0.15, 0.2) is 0 Å². The Kier molecular flexibility index (Phi) is 12.2. The summed E-state index contributed by atoms with van der Waals surface area (Å²) in [6.45, 7) is 3.62. The molecule has 50 heavy (non-hydrogen) atoms. The van der Waals surface area contributed by atoms with Crippen molar-refractivity contribution in [2.24, 2.45) is 0 Å². The first-order valence-corrected chi connectivity index (χ1v) is 17.5. The standard InChI is InChI=1S/C38H31ClFN3O5S2/c1-3-48-38(47)33-29(24-12-6-4-7-13-24)22-49-37(33)43-34(44)23(2)50-27-17-10-16-26(20-27)41-36(46)32(21-28-30(39)18-11-19-31(28)40)42-35(45)25-14-8-5-9-15-25/h4-23H,3H2,1-2H3,(H,41,46)(H,42,45)(H,43,44)/b32-21+. The van der Waals surface area contributed by atoms with Crippen molar-refractivity contribution < 1.29 is 28.3 Å². The van der Waals surface area contributed by atoms with Crippen LogP contribution in [0.3, 0.4) is 0 Å². The Morgan fingerprint density at radius 1 is 0.920 bits per heavy atom. The molecule has 4 aromatic carbocycles. The number of esters is 1. The average molecular weight is 728 g/mol. The summed E-state index contributed by atoms with van der Waals surface area (Å²) >= 11 is 8.69. The summed E-state index contributed by atoms with van der Waals surface area (Å²) in [5.41, 5.74) is 2.14. The highest BCUT2D eigenvalue weighted by Gasteiger charge is 2.25. The largest absolute Gasteiger partial charge is 0.462 e. The summed E-state index contributed by atoms with van der Waals surface area (Å²) in [5, 5.41) is 9.84. The van der Waals surface area contributed by atoms with Crippen LogP contribution in [0.15, 0.2) is 119 Å². The first kappa shape index (κ1) is 36.1. The average Bonchev–Trinajstić information content (AvgIpc) is 3.53. The number of thioether (sulfide) groups is 1. The third-order valence-corrected chi connectivity index (χ3v) is 9.50. The maximum absolute atomic E-state index is 14.7. The summed E-state index contributed by atoms with van der Waals surface area (Å²) in [6.07, 6.45) is 1.18. The van der Waals surface area contributed by atoms with E-state index in [0.717, 1.165) is 5.56 Å². The molecule has 0 bridgehead atoms. The molecule has 5 rings (SSSR count). The zero-order valence-electron chi connectivity index (χ0n) is 26.9. The number of halogens is 2. The van der Waals surface area contributed by atoms with E-state index in [4.69, 9.17) is 16.3 Å². The second kappa shape index (κ2) is 16.9. The van der Waals surface area contributed by atoms with E-state index in [1.807, 2.05) is 35.7 Å². The van der Waals surface area contributed by atoms with Crippen LogP contribution in [0, 0.1) is 5.82 Å². The summed E-state index contributed by atoms with van der Waals surface area (Å²) in [6, 6.07) is 28.5. The normalized spacial score (nSPS) is 11.7. The molecular weight excluding hydrogens is 697 g/mol. The van der Waals surface area contributed by atoms with Gasteiger partial charge in [-0.1, -0.05) is 72.3 Å². The zero-order chi connectivity index (χ0) is 35.6. The van der Waals surface area contributed by atoms with Gasteiger partial charge < -0.3 is 20.7 Å². The molecule has 0 spiro atoms. The molecule has 3 amide bonds. The lowest BCUT2D eigenvalue weighted by molar-refractivity contribution is -0.115.